The Hall–Kier alpha value is -2.40. The van der Waals surface area contributed by atoms with E-state index in [1.54, 1.807) is 0 Å². The molecule has 0 aliphatic carbocycles. The molecular formula is C22H22BrN3O. The normalized spacial score (nSPS) is 14.6. The van der Waals surface area contributed by atoms with E-state index in [4.69, 9.17) is 4.98 Å². The summed E-state index contributed by atoms with van der Waals surface area (Å²) in [7, 11) is 0. The number of nitrogens with zero attached hydrogens (tertiary/aromatic N) is 3. The van der Waals surface area contributed by atoms with E-state index in [1.165, 1.54) is 16.5 Å². The van der Waals surface area contributed by atoms with Gasteiger partial charge < -0.3 is 9.80 Å². The maximum Gasteiger partial charge on any atom is 0.255 e. The van der Waals surface area contributed by atoms with Gasteiger partial charge in [0.25, 0.3) is 5.91 Å². The van der Waals surface area contributed by atoms with Crippen molar-refractivity contribution in [2.45, 2.75) is 13.8 Å². The smallest absolute Gasteiger partial charge is 0.255 e. The maximum absolute atomic E-state index is 12.8. The fraction of sp³-hybridized carbons (Fsp3) is 0.273. The van der Waals surface area contributed by atoms with Crippen molar-refractivity contribution in [2.75, 3.05) is 31.1 Å². The van der Waals surface area contributed by atoms with Crippen LogP contribution in [-0.4, -0.2) is 42.0 Å². The van der Waals surface area contributed by atoms with Gasteiger partial charge in [0.1, 0.15) is 5.82 Å². The van der Waals surface area contributed by atoms with E-state index in [2.05, 4.69) is 58.9 Å². The lowest BCUT2D eigenvalue weighted by Crippen LogP contribution is -2.49. The molecule has 1 aliphatic heterocycles. The van der Waals surface area contributed by atoms with Crippen molar-refractivity contribution in [3.05, 3.63) is 69.7 Å². The standard InChI is InChI=1S/C22H22BrN3O/c1-15-6-5-8-17-16(2)14-20(24-21(15)17)25-10-12-26(13-11-25)22(27)18-7-3-4-9-19(18)23/h3-9,14H,10-13H2,1-2H3. The average molecular weight is 424 g/mol. The van der Waals surface area contributed by atoms with Gasteiger partial charge in [-0.2, -0.15) is 0 Å². The summed E-state index contributed by atoms with van der Waals surface area (Å²) in [5, 5.41) is 1.21. The summed E-state index contributed by atoms with van der Waals surface area (Å²) in [6.07, 6.45) is 0. The fourth-order valence-corrected chi connectivity index (χ4v) is 4.10. The third-order valence-corrected chi connectivity index (χ3v) is 5.92. The number of anilines is 1. The minimum atomic E-state index is 0.0839. The van der Waals surface area contributed by atoms with Crippen LogP contribution in [0.15, 0.2) is 53.0 Å². The van der Waals surface area contributed by atoms with Crippen LogP contribution in [0, 0.1) is 13.8 Å². The van der Waals surface area contributed by atoms with Crippen molar-refractivity contribution in [3.63, 3.8) is 0 Å². The van der Waals surface area contributed by atoms with Crippen LogP contribution in [-0.2, 0) is 0 Å². The summed E-state index contributed by atoms with van der Waals surface area (Å²) in [5.74, 6) is 1.09. The molecule has 1 amide bonds. The molecule has 1 fully saturated rings. The topological polar surface area (TPSA) is 36.4 Å². The van der Waals surface area contributed by atoms with Crippen molar-refractivity contribution in [2.24, 2.45) is 0 Å². The van der Waals surface area contributed by atoms with Crippen LogP contribution in [0.5, 0.6) is 0 Å². The van der Waals surface area contributed by atoms with Crippen molar-refractivity contribution in [1.29, 1.82) is 0 Å². The number of hydrogen-bond acceptors (Lipinski definition) is 3. The van der Waals surface area contributed by atoms with E-state index in [0.29, 0.717) is 13.1 Å². The summed E-state index contributed by atoms with van der Waals surface area (Å²) in [6.45, 7) is 7.23. The van der Waals surface area contributed by atoms with Gasteiger partial charge in [0.15, 0.2) is 0 Å². The summed E-state index contributed by atoms with van der Waals surface area (Å²) in [5.41, 5.74) is 4.23. The number of benzene rings is 2. The highest BCUT2D eigenvalue weighted by atomic mass is 79.9. The Morgan fingerprint density at radius 3 is 2.44 bits per heavy atom. The lowest BCUT2D eigenvalue weighted by molar-refractivity contribution is 0.0745. The predicted octanol–water partition coefficient (Wildman–Crippen LogP) is 4.58. The van der Waals surface area contributed by atoms with E-state index < -0.39 is 0 Å². The second-order valence-electron chi connectivity index (χ2n) is 7.03. The molecule has 5 heteroatoms. The first kappa shape index (κ1) is 18.0. The number of aromatic nitrogens is 1. The number of hydrogen-bond donors (Lipinski definition) is 0. The molecule has 0 atom stereocenters. The zero-order valence-corrected chi connectivity index (χ0v) is 17.2. The van der Waals surface area contributed by atoms with Gasteiger partial charge in [-0.15, -0.1) is 0 Å². The predicted molar refractivity (Wildman–Crippen MR) is 113 cm³/mol. The number of aryl methyl sites for hydroxylation is 2. The molecule has 1 saturated heterocycles. The zero-order chi connectivity index (χ0) is 19.0. The molecule has 4 rings (SSSR count). The average Bonchev–Trinajstić information content (AvgIpc) is 2.69. The van der Waals surface area contributed by atoms with Gasteiger partial charge in [0.2, 0.25) is 0 Å². The van der Waals surface area contributed by atoms with Crippen LogP contribution in [0.25, 0.3) is 10.9 Å². The molecule has 0 N–H and O–H groups in total. The Morgan fingerprint density at radius 2 is 1.70 bits per heavy atom. The molecule has 27 heavy (non-hydrogen) atoms. The van der Waals surface area contributed by atoms with Crippen LogP contribution in [0.1, 0.15) is 21.5 Å². The summed E-state index contributed by atoms with van der Waals surface area (Å²) in [6, 6.07) is 16.1. The van der Waals surface area contributed by atoms with E-state index in [9.17, 15) is 4.79 Å². The van der Waals surface area contributed by atoms with Gasteiger partial charge in [-0.05, 0) is 59.1 Å². The minimum absolute atomic E-state index is 0.0839. The van der Waals surface area contributed by atoms with E-state index in [-0.39, 0.29) is 5.91 Å². The van der Waals surface area contributed by atoms with Crippen LogP contribution >= 0.6 is 15.9 Å². The Labute approximate surface area is 167 Å². The molecular weight excluding hydrogens is 402 g/mol. The fourth-order valence-electron chi connectivity index (χ4n) is 3.65. The van der Waals surface area contributed by atoms with Crippen molar-refractivity contribution >= 4 is 38.6 Å². The number of carbonyl (C=O) groups excluding carboxylic acids is 1. The van der Waals surface area contributed by atoms with Gasteiger partial charge in [-0.3, -0.25) is 4.79 Å². The number of carbonyl (C=O) groups is 1. The molecule has 0 saturated carbocycles. The van der Waals surface area contributed by atoms with E-state index in [1.807, 2.05) is 29.2 Å². The first-order chi connectivity index (χ1) is 13.0. The van der Waals surface area contributed by atoms with Crippen LogP contribution in [0.4, 0.5) is 5.82 Å². The molecule has 3 aromatic rings. The van der Waals surface area contributed by atoms with Gasteiger partial charge in [0.05, 0.1) is 11.1 Å². The minimum Gasteiger partial charge on any atom is -0.353 e. The number of para-hydroxylation sites is 1. The van der Waals surface area contributed by atoms with E-state index >= 15 is 0 Å². The molecule has 4 nitrogen and oxygen atoms in total. The Bertz CT molecular complexity index is 1010. The van der Waals surface area contributed by atoms with Gasteiger partial charge >= 0.3 is 0 Å². The second-order valence-corrected chi connectivity index (χ2v) is 7.88. The first-order valence-electron chi connectivity index (χ1n) is 9.20. The van der Waals surface area contributed by atoms with Crippen LogP contribution < -0.4 is 4.90 Å². The molecule has 1 aliphatic rings. The molecule has 1 aromatic heterocycles. The molecule has 138 valence electrons. The molecule has 0 spiro atoms. The SMILES string of the molecule is Cc1cc(N2CCN(C(=O)c3ccccc3Br)CC2)nc2c(C)cccc12. The number of rotatable bonds is 2. The van der Waals surface area contributed by atoms with Crippen LogP contribution in [0.2, 0.25) is 0 Å². The highest BCUT2D eigenvalue weighted by Crippen LogP contribution is 2.26. The Morgan fingerprint density at radius 1 is 0.963 bits per heavy atom. The number of piperazine rings is 1. The number of halogens is 1. The quantitative estimate of drug-likeness (QED) is 0.605. The van der Waals surface area contributed by atoms with Gasteiger partial charge in [-0.1, -0.05) is 30.3 Å². The van der Waals surface area contributed by atoms with Crippen molar-refractivity contribution in [1.82, 2.24) is 9.88 Å². The highest BCUT2D eigenvalue weighted by Gasteiger charge is 2.24. The summed E-state index contributed by atoms with van der Waals surface area (Å²) >= 11 is 3.48. The largest absolute Gasteiger partial charge is 0.353 e. The number of fused-ring (bicyclic) bond motifs is 1. The monoisotopic (exact) mass is 423 g/mol. The maximum atomic E-state index is 12.8. The number of amides is 1. The lowest BCUT2D eigenvalue weighted by Gasteiger charge is -2.36. The third kappa shape index (κ3) is 3.44. The molecule has 0 unspecified atom stereocenters. The molecule has 2 heterocycles. The summed E-state index contributed by atoms with van der Waals surface area (Å²) in [4.78, 5) is 21.9. The van der Waals surface area contributed by atoms with Gasteiger partial charge in [-0.25, -0.2) is 4.98 Å². The van der Waals surface area contributed by atoms with Crippen molar-refractivity contribution in [3.8, 4) is 0 Å². The second kappa shape index (κ2) is 7.31. The van der Waals surface area contributed by atoms with Crippen molar-refractivity contribution < 1.29 is 4.79 Å². The molecule has 0 radical (unpaired) electrons. The number of pyridine rings is 1. The van der Waals surface area contributed by atoms with E-state index in [0.717, 1.165) is 34.5 Å². The van der Waals surface area contributed by atoms with Gasteiger partial charge in [0, 0.05) is 36.0 Å². The Kier molecular flexibility index (Phi) is 4.87. The third-order valence-electron chi connectivity index (χ3n) is 5.23. The molecule has 0 bridgehead atoms. The summed E-state index contributed by atoms with van der Waals surface area (Å²) < 4.78 is 0.847. The highest BCUT2D eigenvalue weighted by molar-refractivity contribution is 9.10. The molecule has 2 aromatic carbocycles. The zero-order valence-electron chi connectivity index (χ0n) is 15.6. The first-order valence-corrected chi connectivity index (χ1v) is 9.99. The Balaban J connectivity index is 1.53. The van der Waals surface area contributed by atoms with Crippen LogP contribution in [0.3, 0.4) is 0 Å². The lowest BCUT2D eigenvalue weighted by atomic mass is 10.1.